The van der Waals surface area contributed by atoms with E-state index in [1.807, 2.05) is 6.92 Å². The molecule has 1 rings (SSSR count). The fourth-order valence-electron chi connectivity index (χ4n) is 1.26. The summed E-state index contributed by atoms with van der Waals surface area (Å²) >= 11 is 0. The normalized spacial score (nSPS) is 12.5. The minimum Gasteiger partial charge on any atom is -0.428 e. The molecule has 1 unspecified atom stereocenters. The van der Waals surface area contributed by atoms with Crippen molar-refractivity contribution in [3.63, 3.8) is 0 Å². The highest BCUT2D eigenvalue weighted by Gasteiger charge is 2.22. The third-order valence-electron chi connectivity index (χ3n) is 2.20. The monoisotopic (exact) mass is 234 g/mol. The van der Waals surface area contributed by atoms with Gasteiger partial charge in [-0.25, -0.2) is 0 Å². The first-order valence-electron chi connectivity index (χ1n) is 4.68. The van der Waals surface area contributed by atoms with E-state index >= 15 is 0 Å². The van der Waals surface area contributed by atoms with Gasteiger partial charge < -0.3 is 9.59 Å². The predicted molar refractivity (Wildman–Crippen MR) is 61.3 cm³/mol. The van der Waals surface area contributed by atoms with Crippen molar-refractivity contribution in [3.05, 3.63) is 24.3 Å². The molecule has 2 N–H and O–H groups in total. The molecule has 0 spiro atoms. The summed E-state index contributed by atoms with van der Waals surface area (Å²) in [5.41, 5.74) is -0.266. The Morgan fingerprint density at radius 1 is 1.47 bits per heavy atom. The molecular formula is C10H12NO2Si2. The lowest BCUT2D eigenvalue weighted by molar-refractivity contribution is 0.569. The number of hydrogen-bond acceptors (Lipinski definition) is 3. The van der Waals surface area contributed by atoms with Gasteiger partial charge in [0.1, 0.15) is 0 Å². The second-order valence-corrected chi connectivity index (χ2v) is 6.01. The summed E-state index contributed by atoms with van der Waals surface area (Å²) in [6.07, 6.45) is 0.671. The van der Waals surface area contributed by atoms with Crippen LogP contribution in [0.4, 0.5) is 0 Å². The van der Waals surface area contributed by atoms with E-state index in [4.69, 9.17) is 10.1 Å². The van der Waals surface area contributed by atoms with E-state index in [0.717, 1.165) is 10.4 Å². The molecule has 77 valence electrons. The summed E-state index contributed by atoms with van der Waals surface area (Å²) in [5, 5.41) is 10.5. The van der Waals surface area contributed by atoms with Crippen molar-refractivity contribution in [1.82, 2.24) is 0 Å². The number of benzene rings is 1. The van der Waals surface area contributed by atoms with Gasteiger partial charge in [-0.15, -0.1) is 0 Å². The van der Waals surface area contributed by atoms with Crippen LogP contribution >= 0.6 is 0 Å². The standard InChI is InChI=1S/C10H12NO2Si2/c1-2-9(7-11)15(13)10-5-3-8(14-12)4-6-10/h3-6,9,12-13H,2H2,1H3. The summed E-state index contributed by atoms with van der Waals surface area (Å²) in [4.78, 5) is 18.9. The SMILES string of the molecule is CCC(C#N)[Si](O)c1ccc([Si]O)cc1. The van der Waals surface area contributed by atoms with E-state index in [1.54, 1.807) is 24.3 Å². The molecule has 15 heavy (non-hydrogen) atoms. The first-order chi connectivity index (χ1) is 7.22. The number of rotatable bonds is 4. The van der Waals surface area contributed by atoms with Crippen LogP contribution in [0.25, 0.3) is 0 Å². The van der Waals surface area contributed by atoms with E-state index < -0.39 is 9.04 Å². The molecule has 0 amide bonds. The Bertz CT molecular complexity index is 347. The van der Waals surface area contributed by atoms with Crippen LogP contribution in [0.5, 0.6) is 0 Å². The van der Waals surface area contributed by atoms with Crippen LogP contribution in [-0.4, -0.2) is 28.4 Å². The average Bonchev–Trinajstić information content (AvgIpc) is 2.30. The largest absolute Gasteiger partial charge is 0.428 e. The molecule has 0 aromatic heterocycles. The maximum Gasteiger partial charge on any atom is 0.265 e. The highest BCUT2D eigenvalue weighted by Crippen LogP contribution is 2.11. The maximum atomic E-state index is 9.96. The predicted octanol–water partition coefficient (Wildman–Crippen LogP) is -0.582. The zero-order valence-corrected chi connectivity index (χ0v) is 10.4. The van der Waals surface area contributed by atoms with Crippen LogP contribution in [0.15, 0.2) is 24.3 Å². The molecule has 0 heterocycles. The van der Waals surface area contributed by atoms with Crippen LogP contribution in [0.3, 0.4) is 0 Å². The lowest BCUT2D eigenvalue weighted by atomic mass is 10.3. The second-order valence-electron chi connectivity index (χ2n) is 3.16. The molecule has 0 bridgehead atoms. The molecule has 3 nitrogen and oxygen atoms in total. The van der Waals surface area contributed by atoms with E-state index in [-0.39, 0.29) is 15.3 Å². The van der Waals surface area contributed by atoms with Crippen molar-refractivity contribution in [1.29, 1.82) is 5.26 Å². The molecule has 3 radical (unpaired) electrons. The second kappa shape index (κ2) is 5.83. The zero-order valence-electron chi connectivity index (χ0n) is 8.44. The highest BCUT2D eigenvalue weighted by atomic mass is 28.3. The molecule has 0 saturated heterocycles. The zero-order chi connectivity index (χ0) is 11.3. The van der Waals surface area contributed by atoms with Crippen LogP contribution in [0, 0.1) is 11.3 Å². The molecule has 0 aliphatic carbocycles. The van der Waals surface area contributed by atoms with Gasteiger partial charge in [0, 0.05) is 0 Å². The van der Waals surface area contributed by atoms with E-state index in [2.05, 4.69) is 6.07 Å². The molecule has 5 heteroatoms. The molecular weight excluding hydrogens is 222 g/mol. The molecule has 1 atom stereocenters. The fourth-order valence-corrected chi connectivity index (χ4v) is 3.00. The summed E-state index contributed by atoms with van der Waals surface area (Å²) < 4.78 is 0. The van der Waals surface area contributed by atoms with E-state index in [1.165, 1.54) is 0 Å². The fraction of sp³-hybridized carbons (Fsp3) is 0.300. The molecule has 1 aromatic rings. The smallest absolute Gasteiger partial charge is 0.265 e. The Morgan fingerprint density at radius 2 is 2.07 bits per heavy atom. The Hall–Kier alpha value is -0.936. The van der Waals surface area contributed by atoms with Gasteiger partial charge in [-0.2, -0.15) is 5.26 Å². The van der Waals surface area contributed by atoms with Gasteiger partial charge in [0.2, 0.25) is 0 Å². The Labute approximate surface area is 93.7 Å². The number of nitriles is 1. The Morgan fingerprint density at radius 3 is 2.47 bits per heavy atom. The molecule has 0 fully saturated rings. The quantitative estimate of drug-likeness (QED) is 0.685. The first-order valence-corrected chi connectivity index (χ1v) is 7.16. The molecule has 0 saturated carbocycles. The van der Waals surface area contributed by atoms with Gasteiger partial charge >= 0.3 is 0 Å². The maximum absolute atomic E-state index is 9.96. The lowest BCUT2D eigenvalue weighted by Crippen LogP contribution is -2.35. The summed E-state index contributed by atoms with van der Waals surface area (Å²) in [5.74, 6) is 0. The molecule has 0 aliphatic heterocycles. The summed E-state index contributed by atoms with van der Waals surface area (Å²) in [6, 6.07) is 9.30. The van der Waals surface area contributed by atoms with Gasteiger partial charge in [-0.05, 0) is 16.8 Å². The van der Waals surface area contributed by atoms with Gasteiger partial charge in [0.15, 0.2) is 0 Å². The van der Waals surface area contributed by atoms with Crippen LogP contribution in [0.2, 0.25) is 5.54 Å². The number of hydrogen-bond donors (Lipinski definition) is 2. The van der Waals surface area contributed by atoms with Gasteiger partial charge in [0.25, 0.3) is 18.8 Å². The van der Waals surface area contributed by atoms with Crippen molar-refractivity contribution in [2.45, 2.75) is 18.9 Å². The highest BCUT2D eigenvalue weighted by molar-refractivity contribution is 6.68. The lowest BCUT2D eigenvalue weighted by Gasteiger charge is -2.12. The number of nitrogens with zero attached hydrogens (tertiary/aromatic N) is 1. The Kier molecular flexibility index (Phi) is 4.71. The van der Waals surface area contributed by atoms with Crippen molar-refractivity contribution >= 4 is 29.2 Å². The van der Waals surface area contributed by atoms with Crippen molar-refractivity contribution in [2.24, 2.45) is 0 Å². The van der Waals surface area contributed by atoms with Crippen molar-refractivity contribution < 1.29 is 9.59 Å². The van der Waals surface area contributed by atoms with Gasteiger partial charge in [-0.3, -0.25) is 0 Å². The van der Waals surface area contributed by atoms with E-state index in [9.17, 15) is 4.80 Å². The summed E-state index contributed by atoms with van der Waals surface area (Å²) in [7, 11) is -1.99. The molecule has 0 aliphatic rings. The van der Waals surface area contributed by atoms with Crippen LogP contribution in [-0.2, 0) is 0 Å². The third kappa shape index (κ3) is 3.01. The van der Waals surface area contributed by atoms with Gasteiger partial charge in [0.05, 0.1) is 11.6 Å². The van der Waals surface area contributed by atoms with Crippen LogP contribution < -0.4 is 10.4 Å². The minimum atomic E-state index is -1.77. The topological polar surface area (TPSA) is 64.2 Å². The van der Waals surface area contributed by atoms with Crippen molar-refractivity contribution in [2.75, 3.05) is 0 Å². The van der Waals surface area contributed by atoms with E-state index in [0.29, 0.717) is 6.42 Å². The average molecular weight is 234 g/mol. The third-order valence-corrected chi connectivity index (χ3v) is 4.92. The van der Waals surface area contributed by atoms with Crippen molar-refractivity contribution in [3.8, 4) is 6.07 Å². The first kappa shape index (κ1) is 12.1. The molecule has 1 aromatic carbocycles. The minimum absolute atomic E-state index is 0.220. The van der Waals surface area contributed by atoms with Crippen LogP contribution in [0.1, 0.15) is 13.3 Å². The summed E-state index contributed by atoms with van der Waals surface area (Å²) in [6.45, 7) is 1.90. The Balaban J connectivity index is 2.82. The van der Waals surface area contributed by atoms with Gasteiger partial charge in [-0.1, -0.05) is 31.2 Å².